The van der Waals surface area contributed by atoms with E-state index in [1.165, 1.54) is 0 Å². The summed E-state index contributed by atoms with van der Waals surface area (Å²) in [5, 5.41) is 3.42. The second-order valence-corrected chi connectivity index (χ2v) is 5.99. The monoisotopic (exact) mass is 337 g/mol. The zero-order valence-electron chi connectivity index (χ0n) is 10.5. The Balaban J connectivity index is 2.28. The van der Waals surface area contributed by atoms with Crippen molar-refractivity contribution < 1.29 is 30.8 Å². The van der Waals surface area contributed by atoms with E-state index in [1.807, 2.05) is 0 Å². The summed E-state index contributed by atoms with van der Waals surface area (Å²) >= 11 is 0. The fourth-order valence-corrected chi connectivity index (χ4v) is 2.29. The van der Waals surface area contributed by atoms with E-state index in [4.69, 9.17) is 0 Å². The molecule has 0 bridgehead atoms. The first-order chi connectivity index (χ1) is 10.1. The smallest absolute Gasteiger partial charge is 0.289 e. The third kappa shape index (κ3) is 2.84. The number of aromatic nitrogens is 3. The first kappa shape index (κ1) is 16.1. The number of carbonyl (C=O) groups is 1. The van der Waals surface area contributed by atoms with Gasteiger partial charge in [-0.15, -0.1) is 0 Å². The largest absolute Gasteiger partial charge is 0.501 e. The Morgan fingerprint density at radius 2 is 1.77 bits per heavy atom. The highest BCUT2D eigenvalue weighted by Crippen LogP contribution is 2.30. The maximum Gasteiger partial charge on any atom is 0.501 e. The molecule has 1 unspecified atom stereocenters. The number of sulfone groups is 1. The molecule has 0 N–H and O–H groups in total. The number of hydrogen-bond acceptors (Lipinski definition) is 5. The Bertz CT molecular complexity index is 770. The molecule has 22 heavy (non-hydrogen) atoms. The first-order valence-electron chi connectivity index (χ1n) is 5.58. The molecule has 1 aromatic heterocycles. The Kier molecular flexibility index (Phi) is 4.00. The predicted octanol–water partition coefficient (Wildman–Crippen LogP) is 1.92. The van der Waals surface area contributed by atoms with Gasteiger partial charge in [0, 0.05) is 5.56 Å². The number of nitrogens with zero attached hydrogens (tertiary/aromatic N) is 3. The van der Waals surface area contributed by atoms with Gasteiger partial charge in [0.25, 0.3) is 16.1 Å². The highest BCUT2D eigenvalue weighted by atomic mass is 32.2. The number of Topliss-reactive ketones (excluding diaryl/α,β-unsaturated/α-hetero) is 1. The fraction of sp³-hybridized carbons (Fsp3) is 0.182. The van der Waals surface area contributed by atoms with Crippen LogP contribution in [0.1, 0.15) is 16.7 Å². The maximum absolute atomic E-state index is 13.8. The van der Waals surface area contributed by atoms with E-state index in [0.29, 0.717) is 16.8 Å². The van der Waals surface area contributed by atoms with Crippen LogP contribution in [0.25, 0.3) is 0 Å². The van der Waals surface area contributed by atoms with E-state index < -0.39 is 32.3 Å². The Hall–Kier alpha value is -2.30. The summed E-state index contributed by atoms with van der Waals surface area (Å²) in [4.78, 5) is 14.2. The molecular formula is C11H7F4N3O3S. The molecule has 0 spiro atoms. The van der Waals surface area contributed by atoms with Gasteiger partial charge in [-0.3, -0.25) is 4.79 Å². The van der Waals surface area contributed by atoms with E-state index in [0.717, 1.165) is 24.8 Å². The molecule has 0 radical (unpaired) electrons. The number of hydrogen-bond donors (Lipinski definition) is 0. The van der Waals surface area contributed by atoms with E-state index in [2.05, 4.69) is 10.1 Å². The van der Waals surface area contributed by atoms with Gasteiger partial charge in [0.05, 0.1) is 4.90 Å². The normalized spacial score (nSPS) is 13.8. The minimum atomic E-state index is -5.51. The van der Waals surface area contributed by atoms with Crippen molar-refractivity contribution in [3.8, 4) is 0 Å². The van der Waals surface area contributed by atoms with Crippen LogP contribution in [-0.2, 0) is 9.84 Å². The summed E-state index contributed by atoms with van der Waals surface area (Å²) in [5.74, 6) is -1.10. The molecule has 118 valence electrons. The van der Waals surface area contributed by atoms with Crippen molar-refractivity contribution in [1.29, 1.82) is 0 Å². The standard InChI is InChI=1S/C11H7F4N3O3S/c12-10(18-6-16-5-17-18)9(19)7-1-3-8(4-2-7)22(20,21)11(13,14)15/h1-6,10H. The number of benzene rings is 1. The first-order valence-corrected chi connectivity index (χ1v) is 7.07. The Morgan fingerprint density at radius 3 is 2.23 bits per heavy atom. The molecule has 0 amide bonds. The summed E-state index contributed by atoms with van der Waals surface area (Å²) in [6.07, 6.45) is -0.267. The van der Waals surface area contributed by atoms with Crippen molar-refractivity contribution in [2.75, 3.05) is 0 Å². The van der Waals surface area contributed by atoms with Crippen LogP contribution in [0, 0.1) is 0 Å². The number of ketones is 1. The van der Waals surface area contributed by atoms with Crippen LogP contribution >= 0.6 is 0 Å². The molecule has 1 heterocycles. The lowest BCUT2D eigenvalue weighted by atomic mass is 10.1. The summed E-state index contributed by atoms with van der Waals surface area (Å²) in [6, 6.07) is 2.77. The number of rotatable bonds is 4. The lowest BCUT2D eigenvalue weighted by Gasteiger charge is -2.10. The van der Waals surface area contributed by atoms with Crippen molar-refractivity contribution >= 4 is 15.6 Å². The number of carbonyl (C=O) groups excluding carboxylic acids is 1. The highest BCUT2D eigenvalue weighted by Gasteiger charge is 2.46. The van der Waals surface area contributed by atoms with E-state index in [9.17, 15) is 30.8 Å². The number of halogens is 4. The zero-order chi connectivity index (χ0) is 16.5. The van der Waals surface area contributed by atoms with E-state index >= 15 is 0 Å². The van der Waals surface area contributed by atoms with E-state index in [1.54, 1.807) is 0 Å². The van der Waals surface area contributed by atoms with Crippen LogP contribution in [0.3, 0.4) is 0 Å². The third-order valence-electron chi connectivity index (χ3n) is 2.64. The fourth-order valence-electron chi connectivity index (χ4n) is 1.52. The lowest BCUT2D eigenvalue weighted by molar-refractivity contribution is -0.0436. The molecule has 6 nitrogen and oxygen atoms in total. The molecule has 2 rings (SSSR count). The molecule has 11 heteroatoms. The minimum absolute atomic E-state index is 0.302. The summed E-state index contributed by atoms with van der Waals surface area (Å²) < 4.78 is 73.8. The molecule has 1 aromatic carbocycles. The highest BCUT2D eigenvalue weighted by molar-refractivity contribution is 7.92. The van der Waals surface area contributed by atoms with Crippen LogP contribution in [0.2, 0.25) is 0 Å². The van der Waals surface area contributed by atoms with Crippen molar-refractivity contribution in [2.45, 2.75) is 16.7 Å². The summed E-state index contributed by atoms with van der Waals surface area (Å²) in [7, 11) is -5.51. The molecule has 1 atom stereocenters. The van der Waals surface area contributed by atoms with Gasteiger partial charge in [-0.25, -0.2) is 22.5 Å². The van der Waals surface area contributed by atoms with Crippen LogP contribution in [0.4, 0.5) is 17.6 Å². The van der Waals surface area contributed by atoms with Crippen LogP contribution in [0.15, 0.2) is 41.8 Å². The van der Waals surface area contributed by atoms with Gasteiger partial charge >= 0.3 is 5.51 Å². The predicted molar refractivity (Wildman–Crippen MR) is 64.2 cm³/mol. The van der Waals surface area contributed by atoms with Crippen molar-refractivity contribution in [2.24, 2.45) is 0 Å². The molecule has 0 saturated carbocycles. The van der Waals surface area contributed by atoms with Crippen LogP contribution in [-0.4, -0.2) is 34.5 Å². The van der Waals surface area contributed by atoms with Gasteiger partial charge in [-0.05, 0) is 24.3 Å². The van der Waals surface area contributed by atoms with Crippen LogP contribution in [0.5, 0.6) is 0 Å². The zero-order valence-corrected chi connectivity index (χ0v) is 11.3. The van der Waals surface area contributed by atoms with Crippen molar-refractivity contribution in [1.82, 2.24) is 14.8 Å². The molecule has 0 fully saturated rings. The summed E-state index contributed by atoms with van der Waals surface area (Å²) in [6.45, 7) is 0. The van der Waals surface area contributed by atoms with Gasteiger partial charge in [-0.2, -0.15) is 18.3 Å². The second-order valence-electron chi connectivity index (χ2n) is 4.05. The topological polar surface area (TPSA) is 81.9 Å². The Labute approximate surface area is 121 Å². The molecule has 0 saturated heterocycles. The quantitative estimate of drug-likeness (QED) is 0.629. The van der Waals surface area contributed by atoms with Crippen LogP contribution < -0.4 is 0 Å². The average Bonchev–Trinajstić information content (AvgIpc) is 2.99. The molecular weight excluding hydrogens is 330 g/mol. The third-order valence-corrected chi connectivity index (χ3v) is 4.14. The molecule has 0 aliphatic rings. The maximum atomic E-state index is 13.8. The number of alkyl halides is 4. The molecule has 0 aliphatic carbocycles. The summed E-state index contributed by atoms with van der Waals surface area (Å²) in [5.41, 5.74) is -5.76. The molecule has 0 aliphatic heterocycles. The van der Waals surface area contributed by atoms with Crippen molar-refractivity contribution in [3.05, 3.63) is 42.5 Å². The van der Waals surface area contributed by atoms with Gasteiger partial charge in [0.15, 0.2) is 0 Å². The van der Waals surface area contributed by atoms with Gasteiger partial charge in [0.1, 0.15) is 12.7 Å². The average molecular weight is 337 g/mol. The van der Waals surface area contributed by atoms with Crippen molar-refractivity contribution in [3.63, 3.8) is 0 Å². The SMILES string of the molecule is O=C(c1ccc(S(=O)(=O)C(F)(F)F)cc1)C(F)n1cncn1. The van der Waals surface area contributed by atoms with E-state index in [-0.39, 0.29) is 5.56 Å². The van der Waals surface area contributed by atoms with Gasteiger partial charge in [-0.1, -0.05) is 0 Å². The lowest BCUT2D eigenvalue weighted by Crippen LogP contribution is -2.23. The second kappa shape index (κ2) is 5.48. The molecule has 2 aromatic rings. The van der Waals surface area contributed by atoms with Gasteiger partial charge < -0.3 is 0 Å². The van der Waals surface area contributed by atoms with Gasteiger partial charge in [0.2, 0.25) is 5.78 Å². The Morgan fingerprint density at radius 1 is 1.18 bits per heavy atom. The minimum Gasteiger partial charge on any atom is -0.289 e.